The number of aryl methyl sites for hydroxylation is 1. The van der Waals surface area contributed by atoms with Gasteiger partial charge in [0.1, 0.15) is 0 Å². The molecule has 0 radical (unpaired) electrons. The molecule has 0 spiro atoms. The van der Waals surface area contributed by atoms with Crippen molar-refractivity contribution < 1.29 is 9.59 Å². The van der Waals surface area contributed by atoms with Gasteiger partial charge in [-0.25, -0.2) is 0 Å². The summed E-state index contributed by atoms with van der Waals surface area (Å²) in [6, 6.07) is 8.14. The van der Waals surface area contributed by atoms with Gasteiger partial charge in [-0.15, -0.1) is 0 Å². The van der Waals surface area contributed by atoms with Crippen LogP contribution in [0.3, 0.4) is 0 Å². The first-order valence-electron chi connectivity index (χ1n) is 7.84. The molecule has 122 valence electrons. The van der Waals surface area contributed by atoms with Crippen LogP contribution in [0.15, 0.2) is 24.3 Å². The molecule has 1 rings (SSSR count). The lowest BCUT2D eigenvalue weighted by atomic mass is 9.96. The Morgan fingerprint density at radius 1 is 1.14 bits per heavy atom. The van der Waals surface area contributed by atoms with E-state index < -0.39 is 0 Å². The number of amides is 2. The largest absolute Gasteiger partial charge is 0.356 e. The number of carbonyl (C=O) groups excluding carboxylic acids is 2. The molecule has 1 aromatic rings. The predicted molar refractivity (Wildman–Crippen MR) is 89.4 cm³/mol. The molecule has 1 atom stereocenters. The molecule has 0 saturated carbocycles. The van der Waals surface area contributed by atoms with E-state index in [1.165, 1.54) is 5.56 Å². The average molecular weight is 304 g/mol. The van der Waals surface area contributed by atoms with Gasteiger partial charge in [-0.1, -0.05) is 50.6 Å². The van der Waals surface area contributed by atoms with Crippen LogP contribution >= 0.6 is 0 Å². The van der Waals surface area contributed by atoms with Crippen LogP contribution in [0.4, 0.5) is 0 Å². The van der Waals surface area contributed by atoms with Crippen molar-refractivity contribution in [1.82, 2.24) is 10.6 Å². The Bertz CT molecular complexity index is 501. The zero-order chi connectivity index (χ0) is 16.8. The van der Waals surface area contributed by atoms with E-state index in [0.29, 0.717) is 19.4 Å². The second-order valence-electron chi connectivity index (χ2n) is 6.81. The van der Waals surface area contributed by atoms with Crippen molar-refractivity contribution >= 4 is 11.8 Å². The van der Waals surface area contributed by atoms with Crippen molar-refractivity contribution in [3.05, 3.63) is 35.4 Å². The fraction of sp³-hybridized carbons (Fsp3) is 0.556. The zero-order valence-corrected chi connectivity index (χ0v) is 14.3. The van der Waals surface area contributed by atoms with Crippen LogP contribution in [-0.2, 0) is 9.59 Å². The number of benzene rings is 1. The zero-order valence-electron chi connectivity index (χ0n) is 14.3. The summed E-state index contributed by atoms with van der Waals surface area (Å²) in [5.41, 5.74) is 1.92. The van der Waals surface area contributed by atoms with Gasteiger partial charge < -0.3 is 10.6 Å². The first-order valence-corrected chi connectivity index (χ1v) is 7.84. The standard InChI is InChI=1S/C18H28N2O2/c1-13-8-10-15(11-9-13)14(2)20-16(21)7-6-12-19-17(22)18(3,4)5/h8-11,14H,6-7,12H2,1-5H3,(H,19,22)(H,20,21). The van der Waals surface area contributed by atoms with Crippen LogP contribution in [0.1, 0.15) is 57.7 Å². The third-order valence-electron chi connectivity index (χ3n) is 3.50. The van der Waals surface area contributed by atoms with E-state index in [0.717, 1.165) is 5.56 Å². The summed E-state index contributed by atoms with van der Waals surface area (Å²) in [6.45, 7) is 10.2. The highest BCUT2D eigenvalue weighted by Gasteiger charge is 2.20. The molecule has 0 heterocycles. The normalized spacial score (nSPS) is 12.6. The molecular weight excluding hydrogens is 276 g/mol. The van der Waals surface area contributed by atoms with Crippen LogP contribution < -0.4 is 10.6 Å². The van der Waals surface area contributed by atoms with Crippen molar-refractivity contribution in [3.63, 3.8) is 0 Å². The molecule has 0 fully saturated rings. The first-order chi connectivity index (χ1) is 10.2. The maximum atomic E-state index is 11.9. The summed E-state index contributed by atoms with van der Waals surface area (Å²) in [5, 5.41) is 5.83. The van der Waals surface area contributed by atoms with Crippen LogP contribution in [0.2, 0.25) is 0 Å². The first kappa shape index (κ1) is 18.2. The molecule has 0 saturated heterocycles. The minimum absolute atomic E-state index is 0.00253. The number of carbonyl (C=O) groups is 2. The lowest BCUT2D eigenvalue weighted by Crippen LogP contribution is -2.36. The summed E-state index contributed by atoms with van der Waals surface area (Å²) in [4.78, 5) is 23.6. The Hall–Kier alpha value is -1.84. The lowest BCUT2D eigenvalue weighted by molar-refractivity contribution is -0.128. The fourth-order valence-electron chi connectivity index (χ4n) is 1.97. The SMILES string of the molecule is Cc1ccc(C(C)NC(=O)CCCNC(=O)C(C)(C)C)cc1. The van der Waals surface area contributed by atoms with Gasteiger partial charge in [-0.2, -0.15) is 0 Å². The van der Waals surface area contributed by atoms with Crippen molar-refractivity contribution in [3.8, 4) is 0 Å². The summed E-state index contributed by atoms with van der Waals surface area (Å²) < 4.78 is 0. The molecule has 1 unspecified atom stereocenters. The molecule has 2 N–H and O–H groups in total. The highest BCUT2D eigenvalue weighted by molar-refractivity contribution is 5.81. The predicted octanol–water partition coefficient (Wildman–Crippen LogP) is 3.11. The third kappa shape index (κ3) is 6.29. The molecule has 4 nitrogen and oxygen atoms in total. The van der Waals surface area contributed by atoms with Gasteiger partial charge in [-0.3, -0.25) is 9.59 Å². The smallest absolute Gasteiger partial charge is 0.225 e. The number of hydrogen-bond donors (Lipinski definition) is 2. The maximum absolute atomic E-state index is 11.9. The molecule has 2 amide bonds. The van der Waals surface area contributed by atoms with Crippen LogP contribution in [0.25, 0.3) is 0 Å². The fourth-order valence-corrected chi connectivity index (χ4v) is 1.97. The van der Waals surface area contributed by atoms with Gasteiger partial charge >= 0.3 is 0 Å². The summed E-state index contributed by atoms with van der Waals surface area (Å²) in [5.74, 6) is 0.0269. The molecule has 4 heteroatoms. The van der Waals surface area contributed by atoms with Crippen LogP contribution in [0.5, 0.6) is 0 Å². The molecule has 0 aliphatic rings. The molecular formula is C18H28N2O2. The number of rotatable bonds is 6. The molecule has 0 aliphatic heterocycles. The van der Waals surface area contributed by atoms with Crippen molar-refractivity contribution in [2.24, 2.45) is 5.41 Å². The van der Waals surface area contributed by atoms with Gasteiger partial charge in [0, 0.05) is 18.4 Å². The highest BCUT2D eigenvalue weighted by Crippen LogP contribution is 2.14. The van der Waals surface area contributed by atoms with Gasteiger partial charge in [0.25, 0.3) is 0 Å². The number of hydrogen-bond acceptors (Lipinski definition) is 2. The van der Waals surface area contributed by atoms with E-state index in [-0.39, 0.29) is 23.3 Å². The summed E-state index contributed by atoms with van der Waals surface area (Å²) in [6.07, 6.45) is 1.06. The molecule has 1 aromatic carbocycles. The van der Waals surface area contributed by atoms with Crippen LogP contribution in [0, 0.1) is 12.3 Å². The Labute approximate surface area is 133 Å². The highest BCUT2D eigenvalue weighted by atomic mass is 16.2. The van der Waals surface area contributed by atoms with Crippen molar-refractivity contribution in [2.75, 3.05) is 6.54 Å². The Kier molecular flexibility index (Phi) is 6.60. The molecule has 22 heavy (non-hydrogen) atoms. The Morgan fingerprint density at radius 3 is 2.27 bits per heavy atom. The Morgan fingerprint density at radius 2 is 1.73 bits per heavy atom. The second kappa shape index (κ2) is 7.97. The van der Waals surface area contributed by atoms with E-state index in [1.54, 1.807) is 0 Å². The van der Waals surface area contributed by atoms with Crippen molar-refractivity contribution in [1.29, 1.82) is 0 Å². The summed E-state index contributed by atoms with van der Waals surface area (Å²) >= 11 is 0. The van der Waals surface area contributed by atoms with Gasteiger partial charge in [-0.05, 0) is 25.8 Å². The monoisotopic (exact) mass is 304 g/mol. The van der Waals surface area contributed by atoms with E-state index in [2.05, 4.69) is 10.6 Å². The van der Waals surface area contributed by atoms with Gasteiger partial charge in [0.05, 0.1) is 6.04 Å². The minimum Gasteiger partial charge on any atom is -0.356 e. The number of nitrogens with one attached hydrogen (secondary N) is 2. The average Bonchev–Trinajstić information content (AvgIpc) is 2.42. The summed E-state index contributed by atoms with van der Waals surface area (Å²) in [7, 11) is 0. The van der Waals surface area contributed by atoms with Crippen LogP contribution in [-0.4, -0.2) is 18.4 Å². The topological polar surface area (TPSA) is 58.2 Å². The lowest BCUT2D eigenvalue weighted by Gasteiger charge is -2.18. The maximum Gasteiger partial charge on any atom is 0.225 e. The van der Waals surface area contributed by atoms with E-state index in [1.807, 2.05) is 58.9 Å². The van der Waals surface area contributed by atoms with E-state index >= 15 is 0 Å². The van der Waals surface area contributed by atoms with Gasteiger partial charge in [0.15, 0.2) is 0 Å². The Balaban J connectivity index is 2.29. The molecule has 0 aromatic heterocycles. The quantitative estimate of drug-likeness (QED) is 0.793. The van der Waals surface area contributed by atoms with E-state index in [9.17, 15) is 9.59 Å². The van der Waals surface area contributed by atoms with E-state index in [4.69, 9.17) is 0 Å². The molecule has 0 bridgehead atoms. The minimum atomic E-state index is -0.387. The molecule has 0 aliphatic carbocycles. The third-order valence-corrected chi connectivity index (χ3v) is 3.50. The van der Waals surface area contributed by atoms with Gasteiger partial charge in [0.2, 0.25) is 11.8 Å². The van der Waals surface area contributed by atoms with Crippen molar-refractivity contribution in [2.45, 2.75) is 53.5 Å². The second-order valence-corrected chi connectivity index (χ2v) is 6.81.